The molecule has 1 aliphatic carbocycles. The first-order valence-electron chi connectivity index (χ1n) is 14.3. The summed E-state index contributed by atoms with van der Waals surface area (Å²) in [7, 11) is 0. The lowest BCUT2D eigenvalue weighted by Crippen LogP contribution is -1.90. The second kappa shape index (κ2) is 14.4. The zero-order valence-electron chi connectivity index (χ0n) is 23.0. The molecule has 1 aliphatic rings. The predicted molar refractivity (Wildman–Crippen MR) is 175 cm³/mol. The van der Waals surface area contributed by atoms with E-state index in [1.807, 2.05) is 34.0 Å². The molecule has 1 nitrogen and oxygen atoms in total. The minimum absolute atomic E-state index is 0.841. The van der Waals surface area contributed by atoms with E-state index in [-0.39, 0.29) is 0 Å². The Hall–Kier alpha value is -1.53. The third-order valence-electron chi connectivity index (χ3n) is 7.20. The quantitative estimate of drug-likeness (QED) is 0.0995. The van der Waals surface area contributed by atoms with E-state index in [0.717, 1.165) is 24.0 Å². The van der Waals surface area contributed by atoms with E-state index < -0.39 is 0 Å². The van der Waals surface area contributed by atoms with Crippen LogP contribution in [0.25, 0.3) is 29.3 Å². The molecule has 0 spiro atoms. The first-order chi connectivity index (χ1) is 19.2. The summed E-state index contributed by atoms with van der Waals surface area (Å²) in [5.74, 6) is 1.33. The van der Waals surface area contributed by atoms with Crippen molar-refractivity contribution in [1.29, 1.82) is 0 Å². The Morgan fingerprint density at radius 2 is 1.13 bits per heavy atom. The van der Waals surface area contributed by atoms with Gasteiger partial charge >= 0.3 is 0 Å². The summed E-state index contributed by atoms with van der Waals surface area (Å²) in [4.78, 5) is 21.8. The van der Waals surface area contributed by atoms with Gasteiger partial charge in [-0.2, -0.15) is 0 Å². The maximum Gasteiger partial charge on any atom is 0.160 e. The van der Waals surface area contributed by atoms with Crippen LogP contribution >= 0.6 is 45.3 Å². The molecule has 5 rings (SSSR count). The second-order valence-corrected chi connectivity index (χ2v) is 14.5. The molecule has 1 saturated carbocycles. The van der Waals surface area contributed by atoms with Crippen molar-refractivity contribution in [3.63, 3.8) is 0 Å². The van der Waals surface area contributed by atoms with Crippen LogP contribution in [0, 0.1) is 31.6 Å². The highest BCUT2D eigenvalue weighted by Gasteiger charge is 2.24. The summed E-state index contributed by atoms with van der Waals surface area (Å²) in [5, 5.41) is 0. The summed E-state index contributed by atoms with van der Waals surface area (Å²) >= 11 is 7.38. The smallest absolute Gasteiger partial charge is 0.160 e. The number of hydrogen-bond donors (Lipinski definition) is 0. The average Bonchev–Trinajstić information content (AvgIpc) is 3.78. The summed E-state index contributed by atoms with van der Waals surface area (Å²) < 4.78 is 0. The van der Waals surface area contributed by atoms with Crippen molar-refractivity contribution >= 4 is 51.6 Å². The van der Waals surface area contributed by atoms with Crippen LogP contribution in [-0.2, 0) is 12.8 Å². The van der Waals surface area contributed by atoms with Crippen LogP contribution < -0.4 is 0 Å². The van der Waals surface area contributed by atoms with Gasteiger partial charge in [0.2, 0.25) is 0 Å². The highest BCUT2D eigenvalue weighted by molar-refractivity contribution is 7.28. The van der Waals surface area contributed by atoms with Crippen molar-refractivity contribution in [3.8, 4) is 29.3 Å². The van der Waals surface area contributed by atoms with Crippen molar-refractivity contribution in [2.45, 2.75) is 78.1 Å². The molecule has 4 aromatic rings. The molecule has 39 heavy (non-hydrogen) atoms. The molecule has 4 heterocycles. The monoisotopic (exact) mass is 589 g/mol. The molecule has 0 aliphatic heterocycles. The highest BCUT2D eigenvalue weighted by Crippen LogP contribution is 2.47. The van der Waals surface area contributed by atoms with Gasteiger partial charge in [-0.15, -0.1) is 45.3 Å². The molecule has 4 aromatic heterocycles. The molecule has 5 heteroatoms. The van der Waals surface area contributed by atoms with E-state index in [1.165, 1.54) is 103 Å². The third-order valence-corrected chi connectivity index (χ3v) is 12.3. The van der Waals surface area contributed by atoms with Crippen molar-refractivity contribution < 1.29 is 4.79 Å². The molecule has 203 valence electrons. The lowest BCUT2D eigenvalue weighted by molar-refractivity contribution is 0.112. The van der Waals surface area contributed by atoms with Gasteiger partial charge in [0, 0.05) is 40.1 Å². The maximum absolute atomic E-state index is 11.6. The number of unbranched alkanes of at least 4 members (excludes halogenated alkanes) is 6. The average molecular weight is 590 g/mol. The topological polar surface area (TPSA) is 17.1 Å². The lowest BCUT2D eigenvalue weighted by Gasteiger charge is -2.02. The van der Waals surface area contributed by atoms with Crippen LogP contribution in [0.1, 0.15) is 90.9 Å². The van der Waals surface area contributed by atoms with Crippen LogP contribution in [0.5, 0.6) is 0 Å². The van der Waals surface area contributed by atoms with E-state index in [1.54, 1.807) is 11.3 Å². The SMILES string of the molecule is CCCCCCc1cc(C=O)sc1-c1ccc(-c2ccc(-c3sc([C]4[CH][CH][CH][CH]4)cc3CCCCCC)s2)s1. The van der Waals surface area contributed by atoms with E-state index >= 15 is 0 Å². The fourth-order valence-electron chi connectivity index (χ4n) is 5.08. The van der Waals surface area contributed by atoms with Crippen LogP contribution in [0.15, 0.2) is 36.4 Å². The van der Waals surface area contributed by atoms with Gasteiger partial charge in [-0.05, 0) is 98.9 Å². The minimum atomic E-state index is 0.841. The molecule has 0 saturated heterocycles. The van der Waals surface area contributed by atoms with Gasteiger partial charge in [0.1, 0.15) is 0 Å². The van der Waals surface area contributed by atoms with E-state index in [2.05, 4.69) is 75.9 Å². The molecule has 1 fully saturated rings. The standard InChI is InChI=1S/C34H37OS4/c1-3-5-7-9-15-25-21-27(23-35)36-33(25)30-19-17-28(37-30)29-18-20-31(38-29)34-26(16-10-8-6-4-2)22-32(39-34)24-13-11-12-14-24/h11-14,17-23H,3-10,15-16H2,1-2H3. The number of hydrogen-bond acceptors (Lipinski definition) is 5. The van der Waals surface area contributed by atoms with Crippen LogP contribution in [0.2, 0.25) is 0 Å². The van der Waals surface area contributed by atoms with Crippen LogP contribution in [0.4, 0.5) is 0 Å². The van der Waals surface area contributed by atoms with Crippen molar-refractivity contribution in [3.05, 3.63) is 88.9 Å². The minimum Gasteiger partial charge on any atom is -0.297 e. The third kappa shape index (κ3) is 7.22. The van der Waals surface area contributed by atoms with E-state index in [0.29, 0.717) is 0 Å². The van der Waals surface area contributed by atoms with Crippen LogP contribution in [-0.4, -0.2) is 6.29 Å². The second-order valence-electron chi connectivity index (χ2n) is 10.2. The van der Waals surface area contributed by atoms with Gasteiger partial charge < -0.3 is 0 Å². The first kappa shape index (κ1) is 29.0. The summed E-state index contributed by atoms with van der Waals surface area (Å²) in [6, 6.07) is 13.7. The van der Waals surface area contributed by atoms with E-state index in [4.69, 9.17) is 0 Å². The Labute approximate surface area is 251 Å². The maximum atomic E-state index is 11.6. The lowest BCUT2D eigenvalue weighted by atomic mass is 10.0. The number of aldehydes is 1. The first-order valence-corrected chi connectivity index (χ1v) is 17.6. The highest BCUT2D eigenvalue weighted by atomic mass is 32.1. The molecule has 0 aromatic carbocycles. The van der Waals surface area contributed by atoms with Crippen molar-refractivity contribution in [1.82, 2.24) is 0 Å². The largest absolute Gasteiger partial charge is 0.297 e. The number of carbonyl (C=O) groups excluding carboxylic acids is 1. The molecule has 5 radical (unpaired) electrons. The van der Waals surface area contributed by atoms with Gasteiger partial charge in [0.25, 0.3) is 0 Å². The molecular formula is C34H37OS4. The van der Waals surface area contributed by atoms with Gasteiger partial charge in [-0.25, -0.2) is 0 Å². The normalized spacial score (nSPS) is 14.0. The summed E-state index contributed by atoms with van der Waals surface area (Å²) in [6.07, 6.45) is 22.1. The van der Waals surface area contributed by atoms with Crippen LogP contribution in [0.3, 0.4) is 0 Å². The number of carbonyl (C=O) groups is 1. The summed E-state index contributed by atoms with van der Waals surface area (Å²) in [5.41, 5.74) is 2.84. The fraction of sp³-hybridized carbons (Fsp3) is 0.353. The van der Waals surface area contributed by atoms with Gasteiger partial charge in [-0.3, -0.25) is 4.79 Å². The van der Waals surface area contributed by atoms with Gasteiger partial charge in [0.15, 0.2) is 6.29 Å². The number of rotatable bonds is 15. The number of thiophene rings is 4. The van der Waals surface area contributed by atoms with Gasteiger partial charge in [-0.1, -0.05) is 52.4 Å². The zero-order chi connectivity index (χ0) is 27.0. The molecule has 0 bridgehead atoms. The Morgan fingerprint density at radius 1 is 0.590 bits per heavy atom. The zero-order valence-corrected chi connectivity index (χ0v) is 26.2. The number of aryl methyl sites for hydroxylation is 2. The fourth-order valence-corrected chi connectivity index (χ4v) is 9.71. The Morgan fingerprint density at radius 3 is 1.69 bits per heavy atom. The van der Waals surface area contributed by atoms with Crippen molar-refractivity contribution in [2.75, 3.05) is 0 Å². The molecule has 0 amide bonds. The molecular weight excluding hydrogens is 553 g/mol. The molecule has 0 N–H and O–H groups in total. The molecule has 0 unspecified atom stereocenters. The van der Waals surface area contributed by atoms with E-state index in [9.17, 15) is 4.79 Å². The van der Waals surface area contributed by atoms with Gasteiger partial charge in [0.05, 0.1) is 4.88 Å². The Bertz CT molecular complexity index is 1330. The Kier molecular flexibility index (Phi) is 10.7. The Balaban J connectivity index is 1.36. The van der Waals surface area contributed by atoms with Crippen molar-refractivity contribution in [2.24, 2.45) is 0 Å². The summed E-state index contributed by atoms with van der Waals surface area (Å²) in [6.45, 7) is 4.53. The predicted octanol–water partition coefficient (Wildman–Crippen LogP) is 11.7. The molecule has 0 atom stereocenters.